The first-order valence-electron chi connectivity index (χ1n) is 7.35. The second kappa shape index (κ2) is 7.21. The van der Waals surface area contributed by atoms with Crippen LogP contribution in [0.3, 0.4) is 0 Å². The van der Waals surface area contributed by atoms with Crippen molar-refractivity contribution in [2.75, 3.05) is 19.6 Å². The smallest absolute Gasteiger partial charge is 0.231 e. The van der Waals surface area contributed by atoms with Crippen LogP contribution < -0.4 is 11.1 Å². The number of benzene rings is 1. The maximum absolute atomic E-state index is 10.9. The number of rotatable bonds is 5. The molecule has 1 amide bonds. The van der Waals surface area contributed by atoms with E-state index in [9.17, 15) is 4.79 Å². The Kier molecular flexibility index (Phi) is 5.32. The molecule has 0 radical (unpaired) electrons. The summed E-state index contributed by atoms with van der Waals surface area (Å²) in [5.74, 6) is -0.257. The van der Waals surface area contributed by atoms with E-state index in [4.69, 9.17) is 11.0 Å². The number of hydrogen-bond acceptors (Lipinski definition) is 4. The standard InChI is InChI=1S/C16H22N4O/c1-12(14-4-2-13(10-17)3-5-14)19-15-6-8-20(9-7-15)11-16(18)21/h2-5,12,15,19H,6-9,11H2,1H3,(H2,18,21). The van der Waals surface area contributed by atoms with Crippen molar-refractivity contribution < 1.29 is 4.79 Å². The predicted molar refractivity (Wildman–Crippen MR) is 81.4 cm³/mol. The van der Waals surface area contributed by atoms with Gasteiger partial charge in [0.15, 0.2) is 0 Å². The lowest BCUT2D eigenvalue weighted by Crippen LogP contribution is -2.45. The molecule has 0 bridgehead atoms. The molecule has 0 aromatic heterocycles. The van der Waals surface area contributed by atoms with Crippen molar-refractivity contribution in [3.8, 4) is 6.07 Å². The number of amides is 1. The highest BCUT2D eigenvalue weighted by molar-refractivity contribution is 5.75. The normalized spacial score (nSPS) is 18.1. The minimum atomic E-state index is -0.257. The zero-order valence-electron chi connectivity index (χ0n) is 12.4. The van der Waals surface area contributed by atoms with Crippen LogP contribution in [-0.4, -0.2) is 36.5 Å². The fraction of sp³-hybridized carbons (Fsp3) is 0.500. The number of likely N-dealkylation sites (tertiary alicyclic amines) is 1. The van der Waals surface area contributed by atoms with Gasteiger partial charge >= 0.3 is 0 Å². The Hall–Kier alpha value is -1.90. The van der Waals surface area contributed by atoms with Crippen molar-refractivity contribution >= 4 is 5.91 Å². The molecule has 5 heteroatoms. The Morgan fingerprint density at radius 1 is 1.43 bits per heavy atom. The number of nitrogens with two attached hydrogens (primary N) is 1. The molecule has 1 aliphatic rings. The third-order valence-electron chi connectivity index (χ3n) is 3.99. The summed E-state index contributed by atoms with van der Waals surface area (Å²) in [7, 11) is 0. The Morgan fingerprint density at radius 2 is 2.05 bits per heavy atom. The zero-order chi connectivity index (χ0) is 15.2. The van der Waals surface area contributed by atoms with Crippen molar-refractivity contribution in [1.82, 2.24) is 10.2 Å². The number of nitrogens with zero attached hydrogens (tertiary/aromatic N) is 2. The highest BCUT2D eigenvalue weighted by atomic mass is 16.1. The first-order valence-corrected chi connectivity index (χ1v) is 7.35. The summed E-state index contributed by atoms with van der Waals surface area (Å²) in [4.78, 5) is 13.0. The van der Waals surface area contributed by atoms with Gasteiger partial charge in [-0.1, -0.05) is 12.1 Å². The Bertz CT molecular complexity index is 512. The molecule has 1 unspecified atom stereocenters. The lowest BCUT2D eigenvalue weighted by Gasteiger charge is -2.33. The molecule has 1 fully saturated rings. The van der Waals surface area contributed by atoms with Crippen LogP contribution in [0.4, 0.5) is 0 Å². The van der Waals surface area contributed by atoms with Gasteiger partial charge in [0, 0.05) is 25.2 Å². The number of carbonyl (C=O) groups is 1. The van der Waals surface area contributed by atoms with E-state index in [-0.39, 0.29) is 11.9 Å². The van der Waals surface area contributed by atoms with E-state index < -0.39 is 0 Å². The maximum Gasteiger partial charge on any atom is 0.231 e. The Morgan fingerprint density at radius 3 is 2.57 bits per heavy atom. The molecule has 112 valence electrons. The van der Waals surface area contributed by atoms with E-state index in [2.05, 4.69) is 23.2 Å². The molecule has 1 aliphatic heterocycles. The third kappa shape index (κ3) is 4.55. The van der Waals surface area contributed by atoms with Crippen molar-refractivity contribution in [2.45, 2.75) is 31.8 Å². The largest absolute Gasteiger partial charge is 0.369 e. The van der Waals surface area contributed by atoms with Crippen LogP contribution in [0.15, 0.2) is 24.3 Å². The molecule has 1 aromatic carbocycles. The highest BCUT2D eigenvalue weighted by Gasteiger charge is 2.21. The molecule has 2 rings (SSSR count). The number of nitrogens with one attached hydrogen (secondary N) is 1. The van der Waals surface area contributed by atoms with E-state index in [0.717, 1.165) is 25.9 Å². The van der Waals surface area contributed by atoms with Gasteiger partial charge in [-0.2, -0.15) is 5.26 Å². The fourth-order valence-electron chi connectivity index (χ4n) is 2.77. The minimum Gasteiger partial charge on any atom is -0.369 e. The average Bonchev–Trinajstić information content (AvgIpc) is 2.49. The van der Waals surface area contributed by atoms with Crippen molar-refractivity contribution in [1.29, 1.82) is 5.26 Å². The van der Waals surface area contributed by atoms with Gasteiger partial charge in [0.1, 0.15) is 0 Å². The van der Waals surface area contributed by atoms with Gasteiger partial charge in [-0.05, 0) is 37.5 Å². The Labute approximate surface area is 125 Å². The van der Waals surface area contributed by atoms with Crippen molar-refractivity contribution in [3.05, 3.63) is 35.4 Å². The summed E-state index contributed by atoms with van der Waals surface area (Å²) in [6.45, 7) is 4.30. The summed E-state index contributed by atoms with van der Waals surface area (Å²) in [6, 6.07) is 10.5. The van der Waals surface area contributed by atoms with Crippen molar-refractivity contribution in [2.24, 2.45) is 5.73 Å². The molecule has 1 heterocycles. The summed E-state index contributed by atoms with van der Waals surface area (Å²) in [6.07, 6.45) is 2.04. The second-order valence-corrected chi connectivity index (χ2v) is 5.64. The number of nitriles is 1. The summed E-state index contributed by atoms with van der Waals surface area (Å²) in [5.41, 5.74) is 7.09. The molecule has 1 atom stereocenters. The van der Waals surface area contributed by atoms with Crippen LogP contribution in [0, 0.1) is 11.3 Å². The zero-order valence-corrected chi connectivity index (χ0v) is 12.4. The van der Waals surface area contributed by atoms with Crippen LogP contribution in [-0.2, 0) is 4.79 Å². The molecule has 0 spiro atoms. The van der Waals surface area contributed by atoms with E-state index in [1.54, 1.807) is 0 Å². The Balaban J connectivity index is 1.82. The first-order chi connectivity index (χ1) is 10.1. The summed E-state index contributed by atoms with van der Waals surface area (Å²) < 4.78 is 0. The van der Waals surface area contributed by atoms with Gasteiger partial charge in [-0.3, -0.25) is 9.69 Å². The van der Waals surface area contributed by atoms with E-state index >= 15 is 0 Å². The predicted octanol–water partition coefficient (Wildman–Crippen LogP) is 1.16. The molecular formula is C16H22N4O. The van der Waals surface area contributed by atoms with Crippen molar-refractivity contribution in [3.63, 3.8) is 0 Å². The molecule has 0 saturated carbocycles. The topological polar surface area (TPSA) is 82.2 Å². The van der Waals surface area contributed by atoms with Crippen LogP contribution in [0.5, 0.6) is 0 Å². The van der Waals surface area contributed by atoms with Crippen LogP contribution in [0.25, 0.3) is 0 Å². The number of primary amides is 1. The van der Waals surface area contributed by atoms with Crippen LogP contribution in [0.1, 0.15) is 36.9 Å². The molecule has 0 aliphatic carbocycles. The summed E-state index contributed by atoms with van der Waals surface area (Å²) >= 11 is 0. The fourth-order valence-corrected chi connectivity index (χ4v) is 2.77. The average molecular weight is 286 g/mol. The van der Waals surface area contributed by atoms with Crippen LogP contribution in [0.2, 0.25) is 0 Å². The lowest BCUT2D eigenvalue weighted by atomic mass is 10.0. The van der Waals surface area contributed by atoms with Gasteiger partial charge in [-0.15, -0.1) is 0 Å². The van der Waals surface area contributed by atoms with Crippen LogP contribution >= 0.6 is 0 Å². The third-order valence-corrected chi connectivity index (χ3v) is 3.99. The monoisotopic (exact) mass is 286 g/mol. The molecule has 1 aromatic rings. The second-order valence-electron chi connectivity index (χ2n) is 5.64. The summed E-state index contributed by atoms with van der Waals surface area (Å²) in [5, 5.41) is 12.4. The first kappa shape index (κ1) is 15.5. The van der Waals surface area contributed by atoms with E-state index in [0.29, 0.717) is 18.2 Å². The minimum absolute atomic E-state index is 0.255. The molecule has 5 nitrogen and oxygen atoms in total. The quantitative estimate of drug-likeness (QED) is 0.851. The van der Waals surface area contributed by atoms with E-state index in [1.165, 1.54) is 5.56 Å². The van der Waals surface area contributed by atoms with Gasteiger partial charge < -0.3 is 11.1 Å². The molecule has 3 N–H and O–H groups in total. The van der Waals surface area contributed by atoms with Gasteiger partial charge in [-0.25, -0.2) is 0 Å². The number of carbonyl (C=O) groups excluding carboxylic acids is 1. The lowest BCUT2D eigenvalue weighted by molar-refractivity contribution is -0.119. The van der Waals surface area contributed by atoms with Gasteiger partial charge in [0.05, 0.1) is 18.2 Å². The van der Waals surface area contributed by atoms with Gasteiger partial charge in [0.2, 0.25) is 5.91 Å². The molecule has 21 heavy (non-hydrogen) atoms. The molecular weight excluding hydrogens is 264 g/mol. The maximum atomic E-state index is 10.9. The SMILES string of the molecule is CC(NC1CCN(CC(N)=O)CC1)c1ccc(C#N)cc1. The van der Waals surface area contributed by atoms with Gasteiger partial charge in [0.25, 0.3) is 0 Å². The molecule has 1 saturated heterocycles. The van der Waals surface area contributed by atoms with E-state index in [1.807, 2.05) is 24.3 Å². The number of hydrogen-bond donors (Lipinski definition) is 2. The highest BCUT2D eigenvalue weighted by Crippen LogP contribution is 2.17. The number of piperidine rings is 1.